The summed E-state index contributed by atoms with van der Waals surface area (Å²) < 4.78 is 25.9. The van der Waals surface area contributed by atoms with E-state index in [1.807, 2.05) is 13.0 Å². The highest BCUT2D eigenvalue weighted by atomic mass is 32.2. The molecule has 1 aromatic carbocycles. The SMILES string of the molecule is Cc1ncsc1C(=O)NC1CCN(Cc2cccc(S(=O)(=O)N(C)C)c2)CC1. The summed E-state index contributed by atoms with van der Waals surface area (Å²) in [6, 6.07) is 7.27. The third-order valence-corrected chi connectivity index (χ3v) is 7.70. The Balaban J connectivity index is 1.55. The lowest BCUT2D eigenvalue weighted by Crippen LogP contribution is -2.44. The maximum Gasteiger partial charge on any atom is 0.263 e. The van der Waals surface area contributed by atoms with Crippen molar-refractivity contribution in [3.63, 3.8) is 0 Å². The summed E-state index contributed by atoms with van der Waals surface area (Å²) in [4.78, 5) is 19.8. The lowest BCUT2D eigenvalue weighted by molar-refractivity contribution is 0.0912. The van der Waals surface area contributed by atoms with E-state index in [1.165, 1.54) is 29.7 Å². The maximum atomic E-state index is 12.3. The lowest BCUT2D eigenvalue weighted by Gasteiger charge is -2.32. The van der Waals surface area contributed by atoms with Crippen LogP contribution >= 0.6 is 11.3 Å². The minimum absolute atomic E-state index is 0.0416. The Hall–Kier alpha value is -1.81. The van der Waals surface area contributed by atoms with Gasteiger partial charge in [-0.25, -0.2) is 17.7 Å². The molecule has 1 aliphatic rings. The molecule has 0 bridgehead atoms. The highest BCUT2D eigenvalue weighted by Crippen LogP contribution is 2.19. The Morgan fingerprint density at radius 1 is 1.32 bits per heavy atom. The van der Waals surface area contributed by atoms with Crippen LogP contribution in [-0.2, 0) is 16.6 Å². The molecule has 0 spiro atoms. The monoisotopic (exact) mass is 422 g/mol. The Kier molecular flexibility index (Phi) is 6.49. The van der Waals surface area contributed by atoms with Gasteiger partial charge in [0.05, 0.1) is 16.1 Å². The van der Waals surface area contributed by atoms with E-state index >= 15 is 0 Å². The molecule has 0 saturated carbocycles. The van der Waals surface area contributed by atoms with Gasteiger partial charge >= 0.3 is 0 Å². The van der Waals surface area contributed by atoms with Gasteiger partial charge in [0.1, 0.15) is 4.88 Å². The first-order valence-electron chi connectivity index (χ1n) is 9.22. The molecule has 0 atom stereocenters. The number of thiazole rings is 1. The van der Waals surface area contributed by atoms with Crippen molar-refractivity contribution >= 4 is 27.3 Å². The van der Waals surface area contributed by atoms with E-state index in [0.717, 1.165) is 37.2 Å². The van der Waals surface area contributed by atoms with Gasteiger partial charge in [-0.2, -0.15) is 0 Å². The van der Waals surface area contributed by atoms with Gasteiger partial charge in [0.2, 0.25) is 10.0 Å². The Labute approximate surface area is 170 Å². The van der Waals surface area contributed by atoms with E-state index in [0.29, 0.717) is 16.3 Å². The second-order valence-electron chi connectivity index (χ2n) is 7.23. The fraction of sp³-hybridized carbons (Fsp3) is 0.474. The molecule has 1 fully saturated rings. The quantitative estimate of drug-likeness (QED) is 0.771. The number of amides is 1. The zero-order valence-corrected chi connectivity index (χ0v) is 18.0. The van der Waals surface area contributed by atoms with Crippen LogP contribution in [0.1, 0.15) is 33.8 Å². The molecule has 1 aliphatic heterocycles. The van der Waals surface area contributed by atoms with Crippen LogP contribution in [-0.4, -0.2) is 61.7 Å². The van der Waals surface area contributed by atoms with Gasteiger partial charge in [-0.15, -0.1) is 11.3 Å². The van der Waals surface area contributed by atoms with Crippen molar-refractivity contribution < 1.29 is 13.2 Å². The molecular weight excluding hydrogens is 396 g/mol. The average molecular weight is 423 g/mol. The third-order valence-electron chi connectivity index (χ3n) is 4.96. The van der Waals surface area contributed by atoms with Gasteiger partial charge in [-0.3, -0.25) is 9.69 Å². The predicted molar refractivity (Wildman–Crippen MR) is 110 cm³/mol. The Morgan fingerprint density at radius 2 is 2.04 bits per heavy atom. The molecule has 28 heavy (non-hydrogen) atoms. The highest BCUT2D eigenvalue weighted by Gasteiger charge is 2.23. The smallest absolute Gasteiger partial charge is 0.263 e. The number of hydrogen-bond acceptors (Lipinski definition) is 6. The largest absolute Gasteiger partial charge is 0.348 e. The minimum Gasteiger partial charge on any atom is -0.348 e. The fourth-order valence-corrected chi connectivity index (χ4v) is 4.96. The summed E-state index contributed by atoms with van der Waals surface area (Å²) in [7, 11) is -0.351. The zero-order chi connectivity index (χ0) is 20.3. The topological polar surface area (TPSA) is 82.6 Å². The van der Waals surface area contributed by atoms with Gasteiger partial charge in [-0.1, -0.05) is 12.1 Å². The van der Waals surface area contributed by atoms with Crippen molar-refractivity contribution in [1.82, 2.24) is 19.5 Å². The van der Waals surface area contributed by atoms with E-state index in [-0.39, 0.29) is 11.9 Å². The number of carbonyl (C=O) groups excluding carboxylic acids is 1. The molecule has 2 aromatic rings. The van der Waals surface area contributed by atoms with Crippen LogP contribution in [0.2, 0.25) is 0 Å². The molecule has 9 heteroatoms. The molecular formula is C19H26N4O3S2. The van der Waals surface area contributed by atoms with Crippen LogP contribution in [0.25, 0.3) is 0 Å². The standard InChI is InChI=1S/C19H26N4O3S2/c1-14-18(27-13-20-14)19(24)21-16-7-9-23(10-8-16)12-15-5-4-6-17(11-15)28(25,26)22(2)3/h4-6,11,13,16H,7-10,12H2,1-3H3,(H,21,24). The summed E-state index contributed by atoms with van der Waals surface area (Å²) in [5, 5.41) is 3.11. The number of aryl methyl sites for hydroxylation is 1. The predicted octanol–water partition coefficient (Wildman–Crippen LogP) is 2.10. The van der Waals surface area contributed by atoms with Gasteiger partial charge in [0.25, 0.3) is 5.91 Å². The molecule has 2 heterocycles. The molecule has 1 N–H and O–H groups in total. The summed E-state index contributed by atoms with van der Waals surface area (Å²) in [5.74, 6) is -0.0416. The maximum absolute atomic E-state index is 12.3. The Morgan fingerprint density at radius 3 is 2.64 bits per heavy atom. The highest BCUT2D eigenvalue weighted by molar-refractivity contribution is 7.89. The molecule has 3 rings (SSSR count). The first-order valence-corrected chi connectivity index (χ1v) is 11.5. The zero-order valence-electron chi connectivity index (χ0n) is 16.4. The van der Waals surface area contributed by atoms with Crippen molar-refractivity contribution in [3.05, 3.63) is 45.9 Å². The van der Waals surface area contributed by atoms with Crippen LogP contribution in [0.15, 0.2) is 34.7 Å². The molecule has 1 saturated heterocycles. The van der Waals surface area contributed by atoms with Gasteiger partial charge in [-0.05, 0) is 37.5 Å². The summed E-state index contributed by atoms with van der Waals surface area (Å²) in [6.45, 7) is 4.26. The van der Waals surface area contributed by atoms with Gasteiger partial charge in [0, 0.05) is 39.8 Å². The van der Waals surface area contributed by atoms with Crippen molar-refractivity contribution in [2.24, 2.45) is 0 Å². The number of nitrogens with zero attached hydrogens (tertiary/aromatic N) is 3. The van der Waals surface area contributed by atoms with E-state index in [2.05, 4.69) is 15.2 Å². The fourth-order valence-electron chi connectivity index (χ4n) is 3.28. The van der Waals surface area contributed by atoms with Crippen LogP contribution in [0.3, 0.4) is 0 Å². The molecule has 0 radical (unpaired) electrons. The number of sulfonamides is 1. The van der Waals surface area contributed by atoms with Crippen molar-refractivity contribution in [2.45, 2.75) is 37.2 Å². The second-order valence-corrected chi connectivity index (χ2v) is 10.2. The van der Waals surface area contributed by atoms with Crippen molar-refractivity contribution in [2.75, 3.05) is 27.2 Å². The molecule has 0 aliphatic carbocycles. The van der Waals surface area contributed by atoms with Crippen molar-refractivity contribution in [3.8, 4) is 0 Å². The van der Waals surface area contributed by atoms with Gasteiger partial charge in [0.15, 0.2) is 0 Å². The molecule has 0 unspecified atom stereocenters. The van der Waals surface area contributed by atoms with Crippen LogP contribution < -0.4 is 5.32 Å². The molecule has 1 amide bonds. The summed E-state index contributed by atoms with van der Waals surface area (Å²) in [6.07, 6.45) is 1.75. The van der Waals surface area contributed by atoms with Gasteiger partial charge < -0.3 is 5.32 Å². The number of piperidine rings is 1. The number of benzene rings is 1. The lowest BCUT2D eigenvalue weighted by atomic mass is 10.0. The first-order chi connectivity index (χ1) is 13.3. The molecule has 152 valence electrons. The van der Waals surface area contributed by atoms with E-state index in [4.69, 9.17) is 0 Å². The van der Waals surface area contributed by atoms with Crippen LogP contribution in [0.5, 0.6) is 0 Å². The normalized spacial score (nSPS) is 16.4. The van der Waals surface area contributed by atoms with Crippen molar-refractivity contribution in [1.29, 1.82) is 0 Å². The van der Waals surface area contributed by atoms with E-state index in [1.54, 1.807) is 23.7 Å². The number of likely N-dealkylation sites (tertiary alicyclic amines) is 1. The summed E-state index contributed by atoms with van der Waals surface area (Å²) >= 11 is 1.37. The van der Waals surface area contributed by atoms with Crippen LogP contribution in [0, 0.1) is 6.92 Å². The summed E-state index contributed by atoms with van der Waals surface area (Å²) in [5.41, 5.74) is 3.44. The number of rotatable bonds is 6. The number of nitrogens with one attached hydrogen (secondary N) is 1. The number of carbonyl (C=O) groups is 1. The van der Waals surface area contributed by atoms with E-state index in [9.17, 15) is 13.2 Å². The first kappa shape index (κ1) is 20.9. The minimum atomic E-state index is -3.42. The third kappa shape index (κ3) is 4.78. The van der Waals surface area contributed by atoms with E-state index < -0.39 is 10.0 Å². The number of hydrogen-bond donors (Lipinski definition) is 1. The molecule has 7 nitrogen and oxygen atoms in total. The Bertz CT molecular complexity index is 932. The number of aromatic nitrogens is 1. The van der Waals surface area contributed by atoms with Crippen LogP contribution in [0.4, 0.5) is 0 Å². The molecule has 1 aromatic heterocycles. The average Bonchev–Trinajstić information content (AvgIpc) is 3.09. The second kappa shape index (κ2) is 8.69.